The molecule has 0 saturated carbocycles. The second-order valence-electron chi connectivity index (χ2n) is 8.24. The number of carbonyl (C=O) groups is 1. The van der Waals surface area contributed by atoms with Gasteiger partial charge in [-0.25, -0.2) is 0 Å². The van der Waals surface area contributed by atoms with Crippen LogP contribution in [-0.2, 0) is 17.4 Å². The predicted octanol–water partition coefficient (Wildman–Crippen LogP) is 8.52. The molecule has 0 atom stereocenters. The van der Waals surface area contributed by atoms with E-state index >= 15 is 0 Å². The molecule has 0 N–H and O–H groups in total. The van der Waals surface area contributed by atoms with Gasteiger partial charge in [-0.1, -0.05) is 69.5 Å². The van der Waals surface area contributed by atoms with Gasteiger partial charge in [-0.05, 0) is 67.4 Å². The third-order valence-corrected chi connectivity index (χ3v) is 7.67. The van der Waals surface area contributed by atoms with E-state index in [1.807, 2.05) is 31.2 Å². The number of hydrogen-bond acceptors (Lipinski definition) is 5. The fraction of sp³-hybridized carbons (Fsp3) is 0.400. The van der Waals surface area contributed by atoms with E-state index in [2.05, 4.69) is 36.4 Å². The lowest BCUT2D eigenvalue weighted by molar-refractivity contribution is -0.138. The zero-order chi connectivity index (χ0) is 28.7. The van der Waals surface area contributed by atoms with Crippen LogP contribution in [0.25, 0.3) is 0 Å². The Kier molecular flexibility index (Phi) is 15.4. The average molecular weight is 565 g/mol. The molecule has 1 aliphatic rings. The Morgan fingerprint density at radius 3 is 2.29 bits per heavy atom. The predicted molar refractivity (Wildman–Crippen MR) is 161 cm³/mol. The van der Waals surface area contributed by atoms with Gasteiger partial charge in [0.05, 0.1) is 11.3 Å². The highest BCUT2D eigenvalue weighted by Gasteiger charge is 2.32. The zero-order valence-electron chi connectivity index (χ0n) is 23.2. The molecule has 1 aliphatic carbocycles. The van der Waals surface area contributed by atoms with Crippen LogP contribution >= 0.6 is 23.5 Å². The van der Waals surface area contributed by atoms with E-state index in [-0.39, 0.29) is 5.12 Å². The molecule has 1 aromatic carbocycles. The first-order valence-corrected chi connectivity index (χ1v) is 14.4. The monoisotopic (exact) mass is 564 g/mol. The molecule has 0 aliphatic heterocycles. The summed E-state index contributed by atoms with van der Waals surface area (Å²) in [5.74, 6) is 0.970. The van der Waals surface area contributed by atoms with E-state index in [0.29, 0.717) is 12.0 Å². The van der Waals surface area contributed by atoms with Gasteiger partial charge >= 0.3 is 6.18 Å². The highest BCUT2D eigenvalue weighted by Crippen LogP contribution is 2.34. The van der Waals surface area contributed by atoms with Gasteiger partial charge in [-0.15, -0.1) is 11.8 Å². The third kappa shape index (κ3) is 11.6. The van der Waals surface area contributed by atoms with Crippen LogP contribution < -0.4 is 0 Å². The van der Waals surface area contributed by atoms with E-state index in [1.54, 1.807) is 38.7 Å². The molecule has 3 nitrogen and oxygen atoms in total. The summed E-state index contributed by atoms with van der Waals surface area (Å²) in [6.07, 6.45) is 6.42. The highest BCUT2D eigenvalue weighted by atomic mass is 32.2. The first kappa shape index (κ1) is 33.7. The number of thioether (sulfide) groups is 2. The van der Waals surface area contributed by atoms with Crippen LogP contribution in [0.5, 0.6) is 0 Å². The van der Waals surface area contributed by atoms with E-state index < -0.39 is 11.7 Å². The molecule has 0 unspecified atom stereocenters. The third-order valence-electron chi connectivity index (χ3n) is 5.71. The Hall–Kier alpha value is -2.29. The Balaban J connectivity index is 0.000000499. The number of allylic oxidation sites excluding steroid dienone is 7. The molecule has 208 valence electrons. The SMILES string of the molecule is C=C(SCCN(CC)CC)/C(=C/C1=CC(=C/C)/C(=NC)C=C1)SC(C)=O.CCc1ccccc1C(F)(F)F. The number of hydrogen-bond donors (Lipinski definition) is 0. The molecule has 38 heavy (non-hydrogen) atoms. The molecule has 0 spiro atoms. The number of aryl methyl sites for hydroxylation is 1. The van der Waals surface area contributed by atoms with Gasteiger partial charge in [0.1, 0.15) is 0 Å². The van der Waals surface area contributed by atoms with E-state index in [4.69, 9.17) is 0 Å². The van der Waals surface area contributed by atoms with Crippen molar-refractivity contribution in [2.24, 2.45) is 4.99 Å². The topological polar surface area (TPSA) is 32.7 Å². The van der Waals surface area contributed by atoms with Gasteiger partial charge in [-0.2, -0.15) is 13.2 Å². The van der Waals surface area contributed by atoms with E-state index in [9.17, 15) is 18.0 Å². The number of nitrogens with zero attached hydrogens (tertiary/aromatic N) is 2. The van der Waals surface area contributed by atoms with Crippen molar-refractivity contribution in [3.63, 3.8) is 0 Å². The van der Waals surface area contributed by atoms with Crippen molar-refractivity contribution in [3.8, 4) is 0 Å². The van der Waals surface area contributed by atoms with Gasteiger partial charge in [-0.3, -0.25) is 9.79 Å². The van der Waals surface area contributed by atoms with Crippen molar-refractivity contribution < 1.29 is 18.0 Å². The molecule has 0 aromatic heterocycles. The van der Waals surface area contributed by atoms with Crippen LogP contribution in [0.1, 0.15) is 45.7 Å². The van der Waals surface area contributed by atoms with Crippen molar-refractivity contribution >= 4 is 34.4 Å². The number of rotatable bonds is 10. The number of aliphatic imine (C=N–C) groups is 1. The van der Waals surface area contributed by atoms with Gasteiger partial charge in [0.15, 0.2) is 5.12 Å². The van der Waals surface area contributed by atoms with Crippen molar-refractivity contribution in [2.75, 3.05) is 32.4 Å². The fourth-order valence-corrected chi connectivity index (χ4v) is 5.30. The zero-order valence-corrected chi connectivity index (χ0v) is 24.8. The molecule has 0 amide bonds. The maximum Gasteiger partial charge on any atom is 0.416 e. The smallest absolute Gasteiger partial charge is 0.303 e. The van der Waals surface area contributed by atoms with Crippen LogP contribution in [0.4, 0.5) is 13.2 Å². The molecule has 2 rings (SSSR count). The van der Waals surface area contributed by atoms with Crippen molar-refractivity contribution in [3.05, 3.63) is 93.3 Å². The van der Waals surface area contributed by atoms with Gasteiger partial charge in [0, 0.05) is 36.1 Å². The normalized spacial score (nSPS) is 15.9. The van der Waals surface area contributed by atoms with Crippen molar-refractivity contribution in [2.45, 2.75) is 47.2 Å². The highest BCUT2D eigenvalue weighted by molar-refractivity contribution is 8.18. The fourth-order valence-electron chi connectivity index (χ4n) is 3.58. The second-order valence-corrected chi connectivity index (χ2v) is 10.6. The molecule has 1 aromatic rings. The first-order chi connectivity index (χ1) is 18.0. The first-order valence-electron chi connectivity index (χ1n) is 12.6. The summed E-state index contributed by atoms with van der Waals surface area (Å²) < 4.78 is 36.7. The molecule has 0 heterocycles. The Labute approximate surface area is 234 Å². The van der Waals surface area contributed by atoms with Crippen molar-refractivity contribution in [1.82, 2.24) is 4.90 Å². The molecule has 8 heteroatoms. The lowest BCUT2D eigenvalue weighted by Crippen LogP contribution is -2.25. The van der Waals surface area contributed by atoms with Crippen LogP contribution in [0.2, 0.25) is 0 Å². The minimum absolute atomic E-state index is 0.0733. The summed E-state index contributed by atoms with van der Waals surface area (Å²) in [5, 5.41) is 0.0733. The van der Waals surface area contributed by atoms with E-state index in [1.165, 1.54) is 23.9 Å². The average Bonchev–Trinajstić information content (AvgIpc) is 2.90. The van der Waals surface area contributed by atoms with Crippen LogP contribution in [0.3, 0.4) is 0 Å². The van der Waals surface area contributed by atoms with Crippen molar-refractivity contribution in [1.29, 1.82) is 0 Å². The number of halogens is 3. The van der Waals surface area contributed by atoms with Crippen LogP contribution in [0, 0.1) is 0 Å². The molecule has 0 fully saturated rings. The lowest BCUT2D eigenvalue weighted by Gasteiger charge is -2.18. The quantitative estimate of drug-likeness (QED) is 0.267. The summed E-state index contributed by atoms with van der Waals surface area (Å²) in [4.78, 5) is 20.2. The van der Waals surface area contributed by atoms with Gasteiger partial charge in [0.2, 0.25) is 0 Å². The minimum atomic E-state index is -4.22. The summed E-state index contributed by atoms with van der Waals surface area (Å²) in [6, 6.07) is 5.64. The molecular weight excluding hydrogens is 525 g/mol. The van der Waals surface area contributed by atoms with Gasteiger partial charge in [0.25, 0.3) is 0 Å². The maximum absolute atomic E-state index is 12.2. The maximum atomic E-state index is 12.2. The summed E-state index contributed by atoms with van der Waals surface area (Å²) in [6.45, 7) is 17.0. The standard InChI is InChI=1S/C21H30N2OS2.C9H9F3/c1-7-19-14-18(10-11-20(19)22-6)15-21(26-17(5)24)16(4)25-13-12-23(8-2)9-3;1-2-7-5-3-4-6-8(7)9(10,11)12/h7,10-11,14-15H,4,8-9,12-13H2,1-3,5-6H3;3-6H,2H2,1H3/b19-7-,21-15-,22-20?;. The summed E-state index contributed by atoms with van der Waals surface area (Å²) in [5.41, 5.74) is 2.95. The Bertz CT molecular complexity index is 1090. The molecule has 0 radical (unpaired) electrons. The van der Waals surface area contributed by atoms with E-state index in [0.717, 1.165) is 58.1 Å². The Morgan fingerprint density at radius 1 is 1.13 bits per heavy atom. The summed E-state index contributed by atoms with van der Waals surface area (Å²) >= 11 is 2.97. The Morgan fingerprint density at radius 2 is 1.79 bits per heavy atom. The largest absolute Gasteiger partial charge is 0.416 e. The summed E-state index contributed by atoms with van der Waals surface area (Å²) in [7, 11) is 1.79. The lowest BCUT2D eigenvalue weighted by atomic mass is 9.99. The molecule has 0 saturated heterocycles. The minimum Gasteiger partial charge on any atom is -0.303 e. The van der Waals surface area contributed by atoms with Crippen LogP contribution in [-0.4, -0.2) is 48.2 Å². The van der Waals surface area contributed by atoms with Crippen LogP contribution in [0.15, 0.2) is 87.2 Å². The van der Waals surface area contributed by atoms with Gasteiger partial charge < -0.3 is 4.90 Å². The molecular formula is C30H39F3N2OS2. The number of benzene rings is 1. The second kappa shape index (κ2) is 17.3. The molecule has 0 bridgehead atoms. The number of carbonyl (C=O) groups excluding carboxylic acids is 1. The number of alkyl halides is 3.